The van der Waals surface area contributed by atoms with Crippen molar-refractivity contribution >= 4 is 23.3 Å². The van der Waals surface area contributed by atoms with Crippen LogP contribution in [0.1, 0.15) is 0 Å². The van der Waals surface area contributed by atoms with Crippen LogP contribution >= 0.6 is 11.8 Å². The highest BCUT2D eigenvalue weighted by atomic mass is 32.2. The molecule has 0 saturated carbocycles. The van der Waals surface area contributed by atoms with Gasteiger partial charge in [-0.25, -0.2) is 0 Å². The standard InChI is InChI=1S/C12H18N4O3S/c1-19-11-3-2-10(16(17)18)12(14-11)13-4-5-15-6-8-20-9-7-15/h2-3H,4-9H2,1H3,(H,13,14). The van der Waals surface area contributed by atoms with Gasteiger partial charge in [-0.2, -0.15) is 16.7 Å². The van der Waals surface area contributed by atoms with Crippen molar-refractivity contribution in [3.8, 4) is 5.88 Å². The molecule has 0 aliphatic carbocycles. The third-order valence-corrected chi connectivity index (χ3v) is 4.02. The molecule has 2 heterocycles. The van der Waals surface area contributed by atoms with E-state index in [-0.39, 0.29) is 11.5 Å². The second-order valence-corrected chi connectivity index (χ2v) is 5.58. The van der Waals surface area contributed by atoms with Crippen LogP contribution in [0.4, 0.5) is 11.5 Å². The molecular weight excluding hydrogens is 280 g/mol. The molecule has 1 aliphatic rings. The normalized spacial score (nSPS) is 15.8. The molecule has 8 heteroatoms. The Morgan fingerprint density at radius 2 is 2.25 bits per heavy atom. The predicted octanol–water partition coefficient (Wildman–Crippen LogP) is 1.46. The topological polar surface area (TPSA) is 80.5 Å². The second-order valence-electron chi connectivity index (χ2n) is 4.36. The van der Waals surface area contributed by atoms with E-state index < -0.39 is 4.92 Å². The fourth-order valence-corrected chi connectivity index (χ4v) is 2.96. The number of methoxy groups -OCH3 is 1. The molecule has 1 N–H and O–H groups in total. The average Bonchev–Trinajstić information content (AvgIpc) is 2.48. The molecular formula is C12H18N4O3S. The van der Waals surface area contributed by atoms with Gasteiger partial charge in [0.25, 0.3) is 0 Å². The van der Waals surface area contributed by atoms with Crippen LogP contribution in [0.25, 0.3) is 0 Å². The Morgan fingerprint density at radius 1 is 1.50 bits per heavy atom. The lowest BCUT2D eigenvalue weighted by Gasteiger charge is -2.26. The monoisotopic (exact) mass is 298 g/mol. The summed E-state index contributed by atoms with van der Waals surface area (Å²) < 4.78 is 5.00. The van der Waals surface area contributed by atoms with Crippen LogP contribution in [-0.2, 0) is 0 Å². The Bertz CT molecular complexity index is 466. The fourth-order valence-electron chi connectivity index (χ4n) is 1.98. The lowest BCUT2D eigenvalue weighted by atomic mass is 10.3. The van der Waals surface area contributed by atoms with Crippen LogP contribution < -0.4 is 10.1 Å². The maximum atomic E-state index is 11.0. The summed E-state index contributed by atoms with van der Waals surface area (Å²) in [4.78, 5) is 17.0. The molecule has 1 saturated heterocycles. The van der Waals surface area contributed by atoms with Crippen molar-refractivity contribution in [1.82, 2.24) is 9.88 Å². The molecule has 0 unspecified atom stereocenters. The minimum absolute atomic E-state index is 0.0278. The van der Waals surface area contributed by atoms with Crippen LogP contribution in [0.5, 0.6) is 5.88 Å². The number of pyridine rings is 1. The van der Waals surface area contributed by atoms with Crippen LogP contribution in [0, 0.1) is 10.1 Å². The molecule has 0 radical (unpaired) electrons. The van der Waals surface area contributed by atoms with Crippen molar-refractivity contribution in [2.24, 2.45) is 0 Å². The lowest BCUT2D eigenvalue weighted by molar-refractivity contribution is -0.384. The Morgan fingerprint density at radius 3 is 2.90 bits per heavy atom. The van der Waals surface area contributed by atoms with E-state index in [0.29, 0.717) is 12.4 Å². The Hall–Kier alpha value is -1.54. The summed E-state index contributed by atoms with van der Waals surface area (Å²) in [5.74, 6) is 2.93. The van der Waals surface area contributed by atoms with Crippen molar-refractivity contribution in [3.63, 3.8) is 0 Å². The number of nitrogens with zero attached hydrogens (tertiary/aromatic N) is 3. The zero-order valence-corrected chi connectivity index (χ0v) is 12.2. The highest BCUT2D eigenvalue weighted by Gasteiger charge is 2.16. The largest absolute Gasteiger partial charge is 0.481 e. The van der Waals surface area contributed by atoms with Crippen LogP contribution in [0.2, 0.25) is 0 Å². The van der Waals surface area contributed by atoms with Gasteiger partial charge in [0.05, 0.1) is 12.0 Å². The molecule has 1 fully saturated rings. The Balaban J connectivity index is 1.94. The summed E-state index contributed by atoms with van der Waals surface area (Å²) in [7, 11) is 1.49. The van der Waals surface area contributed by atoms with Gasteiger partial charge in [-0.05, 0) is 0 Å². The minimum Gasteiger partial charge on any atom is -0.481 e. The van der Waals surface area contributed by atoms with Crippen LogP contribution in [0.3, 0.4) is 0 Å². The van der Waals surface area contributed by atoms with Gasteiger partial charge in [-0.15, -0.1) is 0 Å². The van der Waals surface area contributed by atoms with E-state index in [4.69, 9.17) is 4.74 Å². The average molecular weight is 298 g/mol. The molecule has 0 atom stereocenters. The van der Waals surface area contributed by atoms with E-state index in [1.54, 1.807) is 0 Å². The molecule has 0 spiro atoms. The summed E-state index contributed by atoms with van der Waals surface area (Å²) >= 11 is 1.96. The van der Waals surface area contributed by atoms with Gasteiger partial charge in [0.2, 0.25) is 11.7 Å². The third-order valence-electron chi connectivity index (χ3n) is 3.08. The number of nitrogens with one attached hydrogen (secondary N) is 1. The maximum absolute atomic E-state index is 11.0. The fraction of sp³-hybridized carbons (Fsp3) is 0.583. The number of nitro groups is 1. The summed E-state index contributed by atoms with van der Waals surface area (Å²) in [6, 6.07) is 2.90. The zero-order chi connectivity index (χ0) is 14.4. The van der Waals surface area contributed by atoms with Gasteiger partial charge in [0, 0.05) is 49.8 Å². The molecule has 7 nitrogen and oxygen atoms in total. The first kappa shape index (κ1) is 14.9. The van der Waals surface area contributed by atoms with Gasteiger partial charge in [0.1, 0.15) is 0 Å². The molecule has 1 aromatic rings. The van der Waals surface area contributed by atoms with Gasteiger partial charge in [-0.3, -0.25) is 15.0 Å². The van der Waals surface area contributed by atoms with Crippen molar-refractivity contribution in [1.29, 1.82) is 0 Å². The van der Waals surface area contributed by atoms with Crippen molar-refractivity contribution < 1.29 is 9.66 Å². The Kier molecular flexibility index (Phi) is 5.42. The first-order chi connectivity index (χ1) is 9.70. The lowest BCUT2D eigenvalue weighted by Crippen LogP contribution is -2.36. The van der Waals surface area contributed by atoms with E-state index in [1.165, 1.54) is 19.2 Å². The number of hydrogen-bond donors (Lipinski definition) is 1. The summed E-state index contributed by atoms with van der Waals surface area (Å²) in [6.45, 7) is 3.63. The van der Waals surface area contributed by atoms with Crippen molar-refractivity contribution in [2.75, 3.05) is 50.1 Å². The predicted molar refractivity (Wildman–Crippen MR) is 79.7 cm³/mol. The van der Waals surface area contributed by atoms with E-state index in [1.807, 2.05) is 11.8 Å². The van der Waals surface area contributed by atoms with E-state index in [2.05, 4.69) is 15.2 Å². The zero-order valence-electron chi connectivity index (χ0n) is 11.4. The molecule has 0 amide bonds. The first-order valence-electron chi connectivity index (χ1n) is 6.44. The van der Waals surface area contributed by atoms with Gasteiger partial charge >= 0.3 is 5.69 Å². The number of aromatic nitrogens is 1. The molecule has 20 heavy (non-hydrogen) atoms. The molecule has 1 aliphatic heterocycles. The molecule has 1 aromatic heterocycles. The molecule has 2 rings (SSSR count). The number of anilines is 1. The second kappa shape index (κ2) is 7.30. The maximum Gasteiger partial charge on any atom is 0.311 e. The number of rotatable bonds is 6. The summed E-state index contributed by atoms with van der Waals surface area (Å²) in [6.07, 6.45) is 0. The van der Waals surface area contributed by atoms with Crippen molar-refractivity contribution in [3.05, 3.63) is 22.2 Å². The summed E-state index contributed by atoms with van der Waals surface area (Å²) in [5, 5.41) is 14.0. The van der Waals surface area contributed by atoms with E-state index in [0.717, 1.165) is 31.1 Å². The Labute approximate surface area is 121 Å². The SMILES string of the molecule is COc1ccc([N+](=O)[O-])c(NCCN2CCSCC2)n1. The van der Waals surface area contributed by atoms with E-state index >= 15 is 0 Å². The van der Waals surface area contributed by atoms with E-state index in [9.17, 15) is 10.1 Å². The number of ether oxygens (including phenoxy) is 1. The third kappa shape index (κ3) is 3.97. The van der Waals surface area contributed by atoms with Gasteiger partial charge < -0.3 is 10.1 Å². The number of hydrogen-bond acceptors (Lipinski definition) is 7. The minimum atomic E-state index is -0.438. The highest BCUT2D eigenvalue weighted by molar-refractivity contribution is 7.99. The van der Waals surface area contributed by atoms with Gasteiger partial charge in [0.15, 0.2) is 0 Å². The first-order valence-corrected chi connectivity index (χ1v) is 7.59. The molecule has 110 valence electrons. The van der Waals surface area contributed by atoms with Crippen molar-refractivity contribution in [2.45, 2.75) is 0 Å². The van der Waals surface area contributed by atoms with Crippen LogP contribution in [-0.4, -0.2) is 59.6 Å². The number of thioether (sulfide) groups is 1. The summed E-state index contributed by atoms with van der Waals surface area (Å²) in [5.41, 5.74) is -0.0278. The highest BCUT2D eigenvalue weighted by Crippen LogP contribution is 2.24. The quantitative estimate of drug-likeness (QED) is 0.629. The smallest absolute Gasteiger partial charge is 0.311 e. The molecule has 0 bridgehead atoms. The van der Waals surface area contributed by atoms with Crippen LogP contribution in [0.15, 0.2) is 12.1 Å². The van der Waals surface area contributed by atoms with Gasteiger partial charge in [-0.1, -0.05) is 0 Å². The molecule has 0 aromatic carbocycles.